The molecular weight excluding hydrogens is 396 g/mol. The monoisotopic (exact) mass is 428 g/mol. The minimum absolute atomic E-state index is 0.398. The van der Waals surface area contributed by atoms with Crippen LogP contribution >= 0.6 is 0 Å². The van der Waals surface area contributed by atoms with Crippen molar-refractivity contribution < 1.29 is 29.1 Å². The summed E-state index contributed by atoms with van der Waals surface area (Å²) in [7, 11) is 0. The highest BCUT2D eigenvalue weighted by atomic mass is 17.3. The maximum absolute atomic E-state index is 12.5. The molecule has 0 heterocycles. The van der Waals surface area contributed by atoms with Gasteiger partial charge in [0.25, 0.3) is 0 Å². The Morgan fingerprint density at radius 2 is 1.06 bits per heavy atom. The van der Waals surface area contributed by atoms with Crippen molar-refractivity contribution >= 4 is 11.9 Å². The summed E-state index contributed by atoms with van der Waals surface area (Å²) < 4.78 is 0. The fraction of sp³-hybridized carbons (Fsp3) is 0.440. The number of hydrogen-bond donors (Lipinski definition) is 0. The van der Waals surface area contributed by atoms with Crippen molar-refractivity contribution in [3.05, 3.63) is 68.8 Å². The van der Waals surface area contributed by atoms with Crippen LogP contribution in [0.15, 0.2) is 24.3 Å². The molecule has 31 heavy (non-hydrogen) atoms. The van der Waals surface area contributed by atoms with E-state index >= 15 is 0 Å². The highest BCUT2D eigenvalue weighted by Gasteiger charge is 2.22. The minimum Gasteiger partial charge on any atom is -0.290 e. The van der Waals surface area contributed by atoms with E-state index in [9.17, 15) is 9.59 Å². The van der Waals surface area contributed by atoms with E-state index in [-0.39, 0.29) is 0 Å². The average molecular weight is 429 g/mol. The number of carbonyl (C=O) groups is 2. The lowest BCUT2D eigenvalue weighted by atomic mass is 10.0. The Balaban J connectivity index is 2.04. The second-order valence-corrected chi connectivity index (χ2v) is 8.05. The Hall–Kier alpha value is -2.70. The Morgan fingerprint density at radius 1 is 0.710 bits per heavy atom. The van der Waals surface area contributed by atoms with E-state index in [1.54, 1.807) is 0 Å². The second-order valence-electron chi connectivity index (χ2n) is 8.05. The van der Waals surface area contributed by atoms with E-state index in [1.807, 2.05) is 72.7 Å². The summed E-state index contributed by atoms with van der Waals surface area (Å²) >= 11 is 0. The maximum atomic E-state index is 12.5. The smallest absolute Gasteiger partial charge is 0.290 e. The van der Waals surface area contributed by atoms with Crippen LogP contribution in [0, 0.1) is 41.5 Å². The van der Waals surface area contributed by atoms with Gasteiger partial charge in [0.05, 0.1) is 11.1 Å². The molecule has 0 saturated heterocycles. The summed E-state index contributed by atoms with van der Waals surface area (Å²) in [5, 5.41) is 0. The fourth-order valence-corrected chi connectivity index (χ4v) is 3.77. The SMILES string of the molecule is CCCCC(OOC(=O)c1c(C)cc(C)cc1C)OOC(=O)c1c(C)cc(C)cc1C. The third-order valence-electron chi connectivity index (χ3n) is 5.02. The topological polar surface area (TPSA) is 71.1 Å². The fourth-order valence-electron chi connectivity index (χ4n) is 3.77. The minimum atomic E-state index is -1.02. The van der Waals surface area contributed by atoms with Gasteiger partial charge in [0.2, 0.25) is 6.29 Å². The molecule has 0 amide bonds. The third-order valence-corrected chi connectivity index (χ3v) is 5.02. The lowest BCUT2D eigenvalue weighted by Crippen LogP contribution is -2.23. The lowest BCUT2D eigenvalue weighted by molar-refractivity contribution is -0.421. The van der Waals surface area contributed by atoms with Crippen LogP contribution in [0.5, 0.6) is 0 Å². The number of carbonyl (C=O) groups excluding carboxylic acids is 2. The van der Waals surface area contributed by atoms with Gasteiger partial charge in [-0.1, -0.05) is 48.7 Å². The van der Waals surface area contributed by atoms with Crippen LogP contribution < -0.4 is 0 Å². The normalized spacial score (nSPS) is 11.0. The molecule has 0 aliphatic rings. The summed E-state index contributed by atoms with van der Waals surface area (Å²) in [5.41, 5.74) is 6.21. The predicted molar refractivity (Wildman–Crippen MR) is 118 cm³/mol. The molecule has 2 aromatic rings. The number of rotatable bonds is 9. The average Bonchev–Trinajstić information content (AvgIpc) is 2.65. The molecule has 0 unspecified atom stereocenters. The standard InChI is InChI=1S/C25H32O6/c1-8-9-10-21(28-30-24(26)22-17(4)11-15(2)12-18(22)5)29-31-25(27)23-19(6)13-16(3)14-20(23)7/h11-14,21H,8-10H2,1-7H3. The Morgan fingerprint density at radius 3 is 1.39 bits per heavy atom. The van der Waals surface area contributed by atoms with E-state index in [0.29, 0.717) is 17.5 Å². The summed E-state index contributed by atoms with van der Waals surface area (Å²) in [6, 6.07) is 7.62. The molecule has 168 valence electrons. The van der Waals surface area contributed by atoms with Gasteiger partial charge >= 0.3 is 11.9 Å². The van der Waals surface area contributed by atoms with E-state index in [4.69, 9.17) is 19.6 Å². The molecule has 6 nitrogen and oxygen atoms in total. The third kappa shape index (κ3) is 6.64. The van der Waals surface area contributed by atoms with Crippen molar-refractivity contribution in [2.24, 2.45) is 0 Å². The molecule has 0 aliphatic heterocycles. The van der Waals surface area contributed by atoms with Gasteiger partial charge < -0.3 is 0 Å². The van der Waals surface area contributed by atoms with E-state index in [1.165, 1.54) is 0 Å². The van der Waals surface area contributed by atoms with Crippen LogP contribution in [0.1, 0.15) is 80.3 Å². The van der Waals surface area contributed by atoms with Gasteiger partial charge in [0, 0.05) is 6.42 Å². The number of aryl methyl sites for hydroxylation is 6. The van der Waals surface area contributed by atoms with Crippen molar-refractivity contribution in [3.8, 4) is 0 Å². The molecule has 2 rings (SSSR count). The molecule has 0 N–H and O–H groups in total. The summed E-state index contributed by atoms with van der Waals surface area (Å²) in [5.74, 6) is -1.23. The second kappa shape index (κ2) is 11.1. The van der Waals surface area contributed by atoms with Gasteiger partial charge in [-0.15, -0.1) is 9.78 Å². The van der Waals surface area contributed by atoms with Crippen LogP contribution in [-0.4, -0.2) is 18.2 Å². The van der Waals surface area contributed by atoms with Crippen molar-refractivity contribution in [2.45, 2.75) is 74.0 Å². The molecule has 0 spiro atoms. The first-order chi connectivity index (χ1) is 14.6. The molecule has 0 aromatic heterocycles. The molecule has 0 saturated carbocycles. The van der Waals surface area contributed by atoms with Gasteiger partial charge in [-0.05, 0) is 70.2 Å². The van der Waals surface area contributed by atoms with Gasteiger partial charge in [0.15, 0.2) is 0 Å². The first-order valence-corrected chi connectivity index (χ1v) is 10.5. The van der Waals surface area contributed by atoms with Gasteiger partial charge in [-0.3, -0.25) is 9.78 Å². The molecule has 6 heteroatoms. The highest BCUT2D eigenvalue weighted by Crippen LogP contribution is 2.20. The van der Waals surface area contributed by atoms with Crippen LogP contribution in [0.4, 0.5) is 0 Å². The molecule has 0 atom stereocenters. The van der Waals surface area contributed by atoms with Gasteiger partial charge in [-0.25, -0.2) is 9.59 Å². The van der Waals surface area contributed by atoms with Gasteiger partial charge in [0.1, 0.15) is 0 Å². The van der Waals surface area contributed by atoms with Crippen LogP contribution in [0.2, 0.25) is 0 Å². The van der Waals surface area contributed by atoms with Crippen molar-refractivity contribution in [1.82, 2.24) is 0 Å². The Bertz CT molecular complexity index is 828. The predicted octanol–water partition coefficient (Wildman–Crippen LogP) is 5.93. The van der Waals surface area contributed by atoms with Crippen LogP contribution in [-0.2, 0) is 19.6 Å². The van der Waals surface area contributed by atoms with E-state index in [0.717, 1.165) is 46.2 Å². The van der Waals surface area contributed by atoms with E-state index in [2.05, 4.69) is 0 Å². The zero-order valence-corrected chi connectivity index (χ0v) is 19.5. The molecule has 2 aromatic carbocycles. The zero-order valence-electron chi connectivity index (χ0n) is 19.5. The first kappa shape index (κ1) is 24.6. The van der Waals surface area contributed by atoms with Crippen molar-refractivity contribution in [1.29, 1.82) is 0 Å². The summed E-state index contributed by atoms with van der Waals surface area (Å²) in [6.45, 7) is 13.3. The summed E-state index contributed by atoms with van der Waals surface area (Å²) in [6.07, 6.45) is 0.988. The number of benzene rings is 2. The van der Waals surface area contributed by atoms with Crippen LogP contribution in [0.3, 0.4) is 0 Å². The molecule has 0 aliphatic carbocycles. The maximum Gasteiger partial charge on any atom is 0.373 e. The molecule has 0 radical (unpaired) electrons. The van der Waals surface area contributed by atoms with Crippen LogP contribution in [0.25, 0.3) is 0 Å². The molecule has 0 bridgehead atoms. The summed E-state index contributed by atoms with van der Waals surface area (Å²) in [4.78, 5) is 45.6. The first-order valence-electron chi connectivity index (χ1n) is 10.5. The quantitative estimate of drug-likeness (QED) is 0.280. The number of unbranched alkanes of at least 4 members (excludes halogenated alkanes) is 1. The lowest BCUT2D eigenvalue weighted by Gasteiger charge is -2.17. The van der Waals surface area contributed by atoms with Crippen molar-refractivity contribution in [3.63, 3.8) is 0 Å². The molecule has 0 fully saturated rings. The Kier molecular flexibility index (Phi) is 8.77. The van der Waals surface area contributed by atoms with Gasteiger partial charge in [-0.2, -0.15) is 0 Å². The highest BCUT2D eigenvalue weighted by molar-refractivity contribution is 5.93. The largest absolute Gasteiger partial charge is 0.373 e. The van der Waals surface area contributed by atoms with Crippen molar-refractivity contribution in [2.75, 3.05) is 0 Å². The number of hydrogen-bond acceptors (Lipinski definition) is 6. The molecular formula is C25H32O6. The Labute approximate surface area is 184 Å². The zero-order chi connectivity index (χ0) is 23.1. The van der Waals surface area contributed by atoms with E-state index < -0.39 is 18.2 Å².